The van der Waals surface area contributed by atoms with Gasteiger partial charge in [0.2, 0.25) is 5.91 Å². The molecule has 0 aromatic carbocycles. The number of carboxylic acid groups (broad SMARTS) is 1. The number of halogens is 2. The number of rotatable bonds is 5. The van der Waals surface area contributed by atoms with E-state index in [9.17, 15) is 18.4 Å². The van der Waals surface area contributed by atoms with E-state index in [2.05, 4.69) is 25.9 Å². The first-order valence-electron chi connectivity index (χ1n) is 8.33. The molecule has 0 spiro atoms. The summed E-state index contributed by atoms with van der Waals surface area (Å²) in [4.78, 5) is 27.1. The summed E-state index contributed by atoms with van der Waals surface area (Å²) in [6.45, 7) is 0. The molecule has 142 valence electrons. The van der Waals surface area contributed by atoms with Crippen LogP contribution in [0.2, 0.25) is 0 Å². The summed E-state index contributed by atoms with van der Waals surface area (Å²) < 4.78 is 28.8. The number of hydrogen-bond donors (Lipinski definition) is 3. The first-order valence-corrected chi connectivity index (χ1v) is 8.33. The summed E-state index contributed by atoms with van der Waals surface area (Å²) in [5.74, 6) is -5.69. The predicted molar refractivity (Wildman–Crippen MR) is 89.2 cm³/mol. The average molecular weight is 378 g/mol. The maximum absolute atomic E-state index is 13.8. The molecule has 9 nitrogen and oxygen atoms in total. The van der Waals surface area contributed by atoms with Gasteiger partial charge in [0.1, 0.15) is 5.92 Å². The third-order valence-corrected chi connectivity index (χ3v) is 4.85. The quantitative estimate of drug-likeness (QED) is 0.733. The Morgan fingerprint density at radius 2 is 2.04 bits per heavy atom. The standard InChI is InChI=1S/C16H16F2N6O3/c1-24-13(21-15(26)27)12(22-23-24)9-5-4-8(6-19-9)20-14(25)11-10(7-2-3-7)16(11,17)18/h4-7,10-11,21H,2-3H2,1H3,(H,20,25)(H,26,27). The molecule has 2 atom stereocenters. The van der Waals surface area contributed by atoms with Crippen LogP contribution >= 0.6 is 0 Å². The van der Waals surface area contributed by atoms with E-state index in [-0.39, 0.29) is 23.1 Å². The summed E-state index contributed by atoms with van der Waals surface area (Å²) in [7, 11) is 1.52. The minimum Gasteiger partial charge on any atom is -0.465 e. The molecule has 2 amide bonds. The molecule has 0 radical (unpaired) electrons. The Bertz CT molecular complexity index is 909. The van der Waals surface area contributed by atoms with E-state index in [4.69, 9.17) is 5.11 Å². The molecule has 0 aliphatic heterocycles. The van der Waals surface area contributed by atoms with Crippen molar-refractivity contribution in [1.82, 2.24) is 20.0 Å². The van der Waals surface area contributed by atoms with Gasteiger partial charge in [-0.15, -0.1) is 5.10 Å². The molecule has 27 heavy (non-hydrogen) atoms. The second-order valence-corrected chi connectivity index (χ2v) is 6.78. The van der Waals surface area contributed by atoms with Crippen LogP contribution in [0.4, 0.5) is 25.1 Å². The van der Waals surface area contributed by atoms with Crippen molar-refractivity contribution in [2.45, 2.75) is 18.8 Å². The van der Waals surface area contributed by atoms with Crippen molar-refractivity contribution < 1.29 is 23.5 Å². The highest BCUT2D eigenvalue weighted by atomic mass is 19.3. The molecule has 2 aromatic heterocycles. The molecule has 3 N–H and O–H groups in total. The van der Waals surface area contributed by atoms with Crippen molar-refractivity contribution in [2.75, 3.05) is 10.6 Å². The fourth-order valence-electron chi connectivity index (χ4n) is 3.33. The van der Waals surface area contributed by atoms with Gasteiger partial charge < -0.3 is 10.4 Å². The van der Waals surface area contributed by atoms with Crippen molar-refractivity contribution >= 4 is 23.5 Å². The van der Waals surface area contributed by atoms with Crippen molar-refractivity contribution in [3.63, 3.8) is 0 Å². The van der Waals surface area contributed by atoms with Gasteiger partial charge in [-0.1, -0.05) is 5.21 Å². The van der Waals surface area contributed by atoms with Gasteiger partial charge in [-0.2, -0.15) is 0 Å². The molecule has 2 saturated carbocycles. The smallest absolute Gasteiger partial charge is 0.410 e. The zero-order chi connectivity index (χ0) is 19.3. The SMILES string of the molecule is Cn1nnc(-c2ccc(NC(=O)C3C(C4CC4)C3(F)F)cn2)c1NC(=O)O. The first kappa shape index (κ1) is 17.3. The molecule has 0 saturated heterocycles. The van der Waals surface area contributed by atoms with Crippen LogP contribution in [0.15, 0.2) is 18.3 Å². The Labute approximate surface area is 151 Å². The van der Waals surface area contributed by atoms with Crippen LogP contribution in [0.5, 0.6) is 0 Å². The number of pyridine rings is 1. The molecule has 2 aromatic rings. The first-order chi connectivity index (χ1) is 12.8. The molecule has 2 aliphatic carbocycles. The lowest BCUT2D eigenvalue weighted by atomic mass is 10.2. The van der Waals surface area contributed by atoms with Crippen LogP contribution in [0, 0.1) is 17.8 Å². The van der Waals surface area contributed by atoms with Gasteiger partial charge in [0.15, 0.2) is 11.5 Å². The Morgan fingerprint density at radius 3 is 2.63 bits per heavy atom. The van der Waals surface area contributed by atoms with E-state index in [1.54, 1.807) is 0 Å². The van der Waals surface area contributed by atoms with Crippen LogP contribution in [0.25, 0.3) is 11.4 Å². The number of aryl methyl sites for hydroxylation is 1. The monoisotopic (exact) mass is 378 g/mol. The molecular weight excluding hydrogens is 362 g/mol. The van der Waals surface area contributed by atoms with Gasteiger partial charge in [-0.05, 0) is 30.9 Å². The van der Waals surface area contributed by atoms with Crippen LogP contribution in [-0.4, -0.2) is 43.0 Å². The van der Waals surface area contributed by atoms with E-state index in [1.165, 1.54) is 30.1 Å². The number of hydrogen-bond acceptors (Lipinski definition) is 5. The van der Waals surface area contributed by atoms with Gasteiger partial charge >= 0.3 is 6.09 Å². The molecule has 11 heteroatoms. The maximum atomic E-state index is 13.8. The van der Waals surface area contributed by atoms with Gasteiger partial charge in [0.05, 0.1) is 17.6 Å². The zero-order valence-electron chi connectivity index (χ0n) is 14.2. The van der Waals surface area contributed by atoms with Gasteiger partial charge in [0.25, 0.3) is 5.92 Å². The lowest BCUT2D eigenvalue weighted by Gasteiger charge is -2.06. The summed E-state index contributed by atoms with van der Waals surface area (Å²) in [6.07, 6.45) is 1.54. The number of carbonyl (C=O) groups is 2. The third kappa shape index (κ3) is 3.09. The molecular formula is C16H16F2N6O3. The normalized spacial score (nSPS) is 22.9. The summed E-state index contributed by atoms with van der Waals surface area (Å²) in [5, 5.41) is 21.1. The van der Waals surface area contributed by atoms with E-state index in [1.807, 2.05) is 0 Å². The lowest BCUT2D eigenvalue weighted by molar-refractivity contribution is -0.119. The summed E-state index contributed by atoms with van der Waals surface area (Å²) in [6, 6.07) is 2.99. The Balaban J connectivity index is 1.47. The van der Waals surface area contributed by atoms with Crippen molar-refractivity contribution in [2.24, 2.45) is 24.8 Å². The number of amides is 2. The van der Waals surface area contributed by atoms with Gasteiger partial charge in [-0.25, -0.2) is 18.3 Å². The number of alkyl halides is 2. The second kappa shape index (κ2) is 5.96. The molecule has 2 unspecified atom stereocenters. The topological polar surface area (TPSA) is 122 Å². The molecule has 4 rings (SSSR count). The minimum atomic E-state index is -2.93. The number of anilines is 2. The molecule has 2 heterocycles. The van der Waals surface area contributed by atoms with E-state index < -0.39 is 29.8 Å². The molecule has 2 fully saturated rings. The Kier molecular flexibility index (Phi) is 3.82. The van der Waals surface area contributed by atoms with Gasteiger partial charge in [0, 0.05) is 13.0 Å². The third-order valence-electron chi connectivity index (χ3n) is 4.85. The fraction of sp³-hybridized carbons (Fsp3) is 0.438. The largest absolute Gasteiger partial charge is 0.465 e. The van der Waals surface area contributed by atoms with Crippen molar-refractivity contribution in [3.05, 3.63) is 18.3 Å². The Morgan fingerprint density at radius 1 is 1.30 bits per heavy atom. The van der Waals surface area contributed by atoms with Crippen LogP contribution in [-0.2, 0) is 11.8 Å². The number of nitrogens with one attached hydrogen (secondary N) is 2. The minimum absolute atomic E-state index is 0.0481. The molecule has 2 aliphatic rings. The van der Waals surface area contributed by atoms with Crippen molar-refractivity contribution in [1.29, 1.82) is 0 Å². The van der Waals surface area contributed by atoms with E-state index in [0.717, 1.165) is 12.8 Å². The van der Waals surface area contributed by atoms with Crippen LogP contribution < -0.4 is 10.6 Å². The van der Waals surface area contributed by atoms with Gasteiger partial charge in [-0.3, -0.25) is 15.1 Å². The van der Waals surface area contributed by atoms with Crippen LogP contribution in [0.3, 0.4) is 0 Å². The van der Waals surface area contributed by atoms with Crippen molar-refractivity contribution in [3.8, 4) is 11.4 Å². The highest BCUT2D eigenvalue weighted by Gasteiger charge is 2.75. The number of nitrogens with zero attached hydrogens (tertiary/aromatic N) is 4. The van der Waals surface area contributed by atoms with E-state index in [0.29, 0.717) is 5.69 Å². The fourth-order valence-corrected chi connectivity index (χ4v) is 3.33. The predicted octanol–water partition coefficient (Wildman–Crippen LogP) is 2.20. The highest BCUT2D eigenvalue weighted by molar-refractivity contribution is 5.96. The maximum Gasteiger partial charge on any atom is 0.410 e. The summed E-state index contributed by atoms with van der Waals surface area (Å²) >= 11 is 0. The summed E-state index contributed by atoms with van der Waals surface area (Å²) in [5.41, 5.74) is 0.801. The van der Waals surface area contributed by atoms with E-state index >= 15 is 0 Å². The Hall–Kier alpha value is -3.11. The highest BCUT2D eigenvalue weighted by Crippen LogP contribution is 2.64. The zero-order valence-corrected chi connectivity index (χ0v) is 14.2. The lowest BCUT2D eigenvalue weighted by Crippen LogP contribution is -2.17. The number of aromatic nitrogens is 4. The average Bonchev–Trinajstić information content (AvgIpc) is 3.48. The number of carbonyl (C=O) groups excluding carboxylic acids is 1. The molecule has 0 bridgehead atoms. The second-order valence-electron chi connectivity index (χ2n) is 6.78. The van der Waals surface area contributed by atoms with Crippen LogP contribution in [0.1, 0.15) is 12.8 Å².